The molecule has 0 radical (unpaired) electrons. The second-order valence-corrected chi connectivity index (χ2v) is 4.07. The Balaban J connectivity index is 2.84. The lowest BCUT2D eigenvalue weighted by Crippen LogP contribution is -2.29. The molecule has 1 aromatic rings. The van der Waals surface area contributed by atoms with Crippen molar-refractivity contribution in [3.8, 4) is 18.4 Å². The van der Waals surface area contributed by atoms with Crippen LogP contribution in [0.15, 0.2) is 18.2 Å². The van der Waals surface area contributed by atoms with Crippen molar-refractivity contribution < 1.29 is 9.90 Å². The van der Waals surface area contributed by atoms with E-state index in [1.165, 1.54) is 0 Å². The van der Waals surface area contributed by atoms with Gasteiger partial charge in [-0.2, -0.15) is 5.26 Å². The first-order valence-corrected chi connectivity index (χ1v) is 5.50. The third-order valence-corrected chi connectivity index (χ3v) is 2.60. The summed E-state index contributed by atoms with van der Waals surface area (Å²) in [6, 6.07) is 6.86. The molecule has 1 rings (SSSR count). The van der Waals surface area contributed by atoms with E-state index in [0.29, 0.717) is 17.1 Å². The van der Waals surface area contributed by atoms with Gasteiger partial charge in [0.15, 0.2) is 0 Å². The van der Waals surface area contributed by atoms with E-state index in [1.54, 1.807) is 23.1 Å². The second-order valence-electron chi connectivity index (χ2n) is 3.66. The Kier molecular flexibility index (Phi) is 5.20. The van der Waals surface area contributed by atoms with E-state index in [0.717, 1.165) is 5.56 Å². The number of carboxylic acids is 1. The predicted molar refractivity (Wildman–Crippen MR) is 67.9 cm³/mol. The van der Waals surface area contributed by atoms with E-state index in [4.69, 9.17) is 28.4 Å². The first-order valence-electron chi connectivity index (χ1n) is 5.13. The van der Waals surface area contributed by atoms with Gasteiger partial charge in [-0.1, -0.05) is 23.6 Å². The molecule has 0 atom stereocenters. The van der Waals surface area contributed by atoms with Gasteiger partial charge in [-0.15, -0.1) is 6.42 Å². The molecule has 5 heteroatoms. The van der Waals surface area contributed by atoms with E-state index < -0.39 is 5.97 Å². The molecule has 0 fully saturated rings. The molecule has 0 unspecified atom stereocenters. The number of rotatable bonds is 5. The second kappa shape index (κ2) is 6.66. The lowest BCUT2D eigenvalue weighted by atomic mass is 10.1. The van der Waals surface area contributed by atoms with Gasteiger partial charge in [0, 0.05) is 11.6 Å². The van der Waals surface area contributed by atoms with Crippen LogP contribution < -0.4 is 0 Å². The SMILES string of the molecule is C#CCN(CC(=O)O)Cc1ccc(C#N)cc1Cl. The largest absolute Gasteiger partial charge is 0.480 e. The Labute approximate surface area is 110 Å². The number of aliphatic carboxylic acids is 1. The van der Waals surface area contributed by atoms with E-state index >= 15 is 0 Å². The summed E-state index contributed by atoms with van der Waals surface area (Å²) in [5, 5.41) is 17.9. The smallest absolute Gasteiger partial charge is 0.317 e. The molecule has 0 bridgehead atoms. The van der Waals surface area contributed by atoms with Gasteiger partial charge in [-0.05, 0) is 17.7 Å². The molecule has 92 valence electrons. The molecule has 0 saturated heterocycles. The van der Waals surface area contributed by atoms with Crippen molar-refractivity contribution in [1.29, 1.82) is 5.26 Å². The normalized spacial score (nSPS) is 9.78. The average Bonchev–Trinajstić information content (AvgIpc) is 2.31. The minimum atomic E-state index is -0.949. The Bertz CT molecular complexity index is 529. The molecular weight excluding hydrogens is 252 g/mol. The lowest BCUT2D eigenvalue weighted by molar-refractivity contribution is -0.138. The van der Waals surface area contributed by atoms with Gasteiger partial charge in [0.1, 0.15) is 0 Å². The van der Waals surface area contributed by atoms with E-state index in [2.05, 4.69) is 5.92 Å². The number of hydrogen-bond donors (Lipinski definition) is 1. The molecule has 0 aliphatic rings. The van der Waals surface area contributed by atoms with Crippen LogP contribution in [0.5, 0.6) is 0 Å². The molecular formula is C13H11ClN2O2. The van der Waals surface area contributed by atoms with E-state index in [-0.39, 0.29) is 13.1 Å². The third kappa shape index (κ3) is 4.10. The van der Waals surface area contributed by atoms with Gasteiger partial charge >= 0.3 is 5.97 Å². The quantitative estimate of drug-likeness (QED) is 0.821. The summed E-state index contributed by atoms with van der Waals surface area (Å²) in [6.07, 6.45) is 5.18. The van der Waals surface area contributed by atoms with Crippen LogP contribution >= 0.6 is 11.6 Å². The zero-order valence-corrected chi connectivity index (χ0v) is 10.3. The summed E-state index contributed by atoms with van der Waals surface area (Å²) in [4.78, 5) is 12.3. The van der Waals surface area contributed by atoms with Crippen LogP contribution in [-0.2, 0) is 11.3 Å². The highest BCUT2D eigenvalue weighted by Gasteiger charge is 2.11. The minimum absolute atomic E-state index is 0.152. The molecule has 0 heterocycles. The first-order chi connectivity index (χ1) is 8.56. The summed E-state index contributed by atoms with van der Waals surface area (Å²) < 4.78 is 0. The fourth-order valence-electron chi connectivity index (χ4n) is 1.47. The van der Waals surface area contributed by atoms with Gasteiger partial charge in [0.05, 0.1) is 24.7 Å². The van der Waals surface area contributed by atoms with Crippen molar-refractivity contribution >= 4 is 17.6 Å². The van der Waals surface area contributed by atoms with Crippen LogP contribution in [-0.4, -0.2) is 29.1 Å². The van der Waals surface area contributed by atoms with Gasteiger partial charge in [-0.3, -0.25) is 9.69 Å². The standard InChI is InChI=1S/C13H11ClN2O2/c1-2-5-16(9-13(17)18)8-11-4-3-10(7-15)6-12(11)14/h1,3-4,6H,5,8-9H2,(H,17,18). The van der Waals surface area contributed by atoms with Crippen LogP contribution in [0.25, 0.3) is 0 Å². The van der Waals surface area contributed by atoms with Crippen LogP contribution in [0, 0.1) is 23.7 Å². The number of carbonyl (C=O) groups is 1. The average molecular weight is 263 g/mol. The van der Waals surface area contributed by atoms with Crippen molar-refractivity contribution in [3.05, 3.63) is 34.3 Å². The van der Waals surface area contributed by atoms with E-state index in [1.807, 2.05) is 6.07 Å². The van der Waals surface area contributed by atoms with Crippen LogP contribution in [0.4, 0.5) is 0 Å². The van der Waals surface area contributed by atoms with Crippen molar-refractivity contribution in [2.24, 2.45) is 0 Å². The fraction of sp³-hybridized carbons (Fsp3) is 0.231. The summed E-state index contributed by atoms with van der Waals surface area (Å²) in [5.74, 6) is 1.45. The molecule has 18 heavy (non-hydrogen) atoms. The van der Waals surface area contributed by atoms with Crippen molar-refractivity contribution in [2.75, 3.05) is 13.1 Å². The molecule has 0 spiro atoms. The highest BCUT2D eigenvalue weighted by atomic mass is 35.5. The fourth-order valence-corrected chi connectivity index (χ4v) is 1.71. The summed E-state index contributed by atoms with van der Waals surface area (Å²) >= 11 is 6.01. The predicted octanol–water partition coefficient (Wildman–Crippen LogP) is 1.73. The number of terminal acetylenes is 1. The molecule has 0 aliphatic heterocycles. The molecule has 4 nitrogen and oxygen atoms in total. The first kappa shape index (κ1) is 14.1. The highest BCUT2D eigenvalue weighted by Crippen LogP contribution is 2.19. The zero-order chi connectivity index (χ0) is 13.5. The maximum absolute atomic E-state index is 10.7. The molecule has 0 aromatic heterocycles. The Morgan fingerprint density at radius 1 is 1.56 bits per heavy atom. The van der Waals surface area contributed by atoms with Gasteiger partial charge < -0.3 is 5.11 Å². The molecule has 1 aromatic carbocycles. The third-order valence-electron chi connectivity index (χ3n) is 2.25. The molecule has 0 saturated carbocycles. The highest BCUT2D eigenvalue weighted by molar-refractivity contribution is 6.31. The topological polar surface area (TPSA) is 64.3 Å². The molecule has 1 N–H and O–H groups in total. The Hall–Kier alpha value is -2.01. The number of hydrogen-bond acceptors (Lipinski definition) is 3. The van der Waals surface area contributed by atoms with Crippen molar-refractivity contribution in [3.63, 3.8) is 0 Å². The van der Waals surface area contributed by atoms with Gasteiger partial charge in [0.2, 0.25) is 0 Å². The summed E-state index contributed by atoms with van der Waals surface area (Å²) in [7, 11) is 0. The maximum Gasteiger partial charge on any atom is 0.317 e. The summed E-state index contributed by atoms with van der Waals surface area (Å²) in [5.41, 5.74) is 1.21. The Morgan fingerprint density at radius 2 is 2.28 bits per heavy atom. The zero-order valence-electron chi connectivity index (χ0n) is 9.56. The van der Waals surface area contributed by atoms with E-state index in [9.17, 15) is 4.79 Å². The number of nitriles is 1. The number of benzene rings is 1. The minimum Gasteiger partial charge on any atom is -0.480 e. The van der Waals surface area contributed by atoms with Crippen LogP contribution in [0.2, 0.25) is 5.02 Å². The van der Waals surface area contributed by atoms with Crippen LogP contribution in [0.1, 0.15) is 11.1 Å². The van der Waals surface area contributed by atoms with Gasteiger partial charge in [-0.25, -0.2) is 0 Å². The van der Waals surface area contributed by atoms with Crippen molar-refractivity contribution in [2.45, 2.75) is 6.54 Å². The summed E-state index contributed by atoms with van der Waals surface area (Å²) in [6.45, 7) is 0.407. The maximum atomic E-state index is 10.7. The monoisotopic (exact) mass is 262 g/mol. The van der Waals surface area contributed by atoms with Gasteiger partial charge in [0.25, 0.3) is 0 Å². The van der Waals surface area contributed by atoms with Crippen LogP contribution in [0.3, 0.4) is 0 Å². The Morgan fingerprint density at radius 3 is 2.78 bits per heavy atom. The molecule has 0 amide bonds. The van der Waals surface area contributed by atoms with Crippen molar-refractivity contribution in [1.82, 2.24) is 4.90 Å². The molecule has 0 aliphatic carbocycles. The number of nitrogens with zero attached hydrogens (tertiary/aromatic N) is 2. The number of carboxylic acid groups (broad SMARTS) is 1. The number of halogens is 1. The lowest BCUT2D eigenvalue weighted by Gasteiger charge is -2.18.